The van der Waals surface area contributed by atoms with Crippen molar-refractivity contribution in [1.82, 2.24) is 10.0 Å². The van der Waals surface area contributed by atoms with Crippen molar-refractivity contribution in [2.75, 3.05) is 5.32 Å². The molecule has 2 aliphatic heterocycles. The van der Waals surface area contributed by atoms with E-state index in [2.05, 4.69) is 21.2 Å². The van der Waals surface area contributed by atoms with E-state index in [1.165, 1.54) is 36.4 Å². The van der Waals surface area contributed by atoms with Crippen molar-refractivity contribution in [3.05, 3.63) is 98.5 Å². The lowest BCUT2D eigenvalue weighted by Crippen LogP contribution is -2.49. The Hall–Kier alpha value is -4.64. The van der Waals surface area contributed by atoms with Gasteiger partial charge in [-0.3, -0.25) is 24.0 Å². The molecule has 5 amide bonds. The average Bonchev–Trinajstić information content (AvgIpc) is 3.24. The van der Waals surface area contributed by atoms with Gasteiger partial charge in [0.25, 0.3) is 29.5 Å². The molecular formula is C24H12BrN3O7. The van der Waals surface area contributed by atoms with Crippen LogP contribution in [0, 0.1) is 0 Å². The number of imide groups is 2. The van der Waals surface area contributed by atoms with Crippen molar-refractivity contribution < 1.29 is 33.9 Å². The first kappa shape index (κ1) is 22.2. The Labute approximate surface area is 204 Å². The fourth-order valence-electron chi connectivity index (χ4n) is 3.91. The van der Waals surface area contributed by atoms with E-state index in [4.69, 9.17) is 0 Å². The number of nitrogens with zero attached hydrogens (tertiary/aromatic N) is 2. The molecule has 2 heterocycles. The highest BCUT2D eigenvalue weighted by Gasteiger charge is 2.48. The van der Waals surface area contributed by atoms with Crippen LogP contribution < -0.4 is 5.32 Å². The number of aromatic carboxylic acids is 1. The van der Waals surface area contributed by atoms with Crippen LogP contribution in [-0.2, 0) is 0 Å². The maximum Gasteiger partial charge on any atom is 0.337 e. The van der Waals surface area contributed by atoms with Gasteiger partial charge < -0.3 is 10.4 Å². The molecule has 0 fully saturated rings. The van der Waals surface area contributed by atoms with Crippen LogP contribution in [0.5, 0.6) is 0 Å². The number of benzene rings is 3. The summed E-state index contributed by atoms with van der Waals surface area (Å²) in [6, 6.07) is 13.9. The molecule has 35 heavy (non-hydrogen) atoms. The SMILES string of the molecule is O=C(Nc1ccc(Br)cc1C(=O)O)c1ccc2c(c1)C(=O)N(N1C(=O)c3ccccc3C1=O)C2=O. The lowest BCUT2D eigenvalue weighted by molar-refractivity contribution is 0.00845. The smallest absolute Gasteiger partial charge is 0.337 e. The molecule has 172 valence electrons. The van der Waals surface area contributed by atoms with Crippen LogP contribution in [0.1, 0.15) is 62.1 Å². The Kier molecular flexibility index (Phi) is 5.06. The van der Waals surface area contributed by atoms with Gasteiger partial charge in [0.15, 0.2) is 0 Å². The first-order chi connectivity index (χ1) is 16.7. The molecular weight excluding hydrogens is 522 g/mol. The highest BCUT2D eigenvalue weighted by molar-refractivity contribution is 9.10. The number of fused-ring (bicyclic) bond motifs is 2. The molecule has 0 radical (unpaired) electrons. The Morgan fingerprint density at radius 3 is 1.83 bits per heavy atom. The number of hydrogen-bond acceptors (Lipinski definition) is 6. The molecule has 0 bridgehead atoms. The standard InChI is InChI=1S/C24H12BrN3O7/c25-12-6-8-18(17(10-12)24(34)35)26-19(29)11-5-7-15-16(9-11)23(33)28(22(15)32)27-20(30)13-3-1-2-4-14(13)21(27)31/h1-10H,(H,26,29)(H,34,35). The molecule has 0 saturated carbocycles. The zero-order valence-electron chi connectivity index (χ0n) is 17.4. The van der Waals surface area contributed by atoms with Crippen LogP contribution in [0.15, 0.2) is 65.1 Å². The maximum absolute atomic E-state index is 13.1. The van der Waals surface area contributed by atoms with Crippen molar-refractivity contribution in [2.45, 2.75) is 0 Å². The van der Waals surface area contributed by atoms with Gasteiger partial charge in [0.05, 0.1) is 33.5 Å². The van der Waals surface area contributed by atoms with Gasteiger partial charge in [0.2, 0.25) is 0 Å². The Bertz CT molecular complexity index is 1500. The van der Waals surface area contributed by atoms with Gasteiger partial charge in [0.1, 0.15) is 0 Å². The minimum atomic E-state index is -1.26. The molecule has 2 N–H and O–H groups in total. The molecule has 10 nitrogen and oxygen atoms in total. The number of hydrogen-bond donors (Lipinski definition) is 2. The summed E-state index contributed by atoms with van der Waals surface area (Å²) >= 11 is 3.17. The lowest BCUT2D eigenvalue weighted by atomic mass is 10.0. The fourth-order valence-corrected chi connectivity index (χ4v) is 4.27. The molecule has 0 aromatic heterocycles. The summed E-state index contributed by atoms with van der Waals surface area (Å²) in [7, 11) is 0. The second-order valence-electron chi connectivity index (χ2n) is 7.60. The normalized spacial score (nSPS) is 14.3. The predicted octanol–water partition coefficient (Wildman–Crippen LogP) is 3.21. The molecule has 11 heteroatoms. The van der Waals surface area contributed by atoms with Crippen molar-refractivity contribution in [2.24, 2.45) is 0 Å². The molecule has 3 aromatic rings. The van der Waals surface area contributed by atoms with Gasteiger partial charge in [-0.25, -0.2) is 4.79 Å². The topological polar surface area (TPSA) is 141 Å². The fraction of sp³-hybridized carbons (Fsp3) is 0. The summed E-state index contributed by atoms with van der Waals surface area (Å²) in [5, 5.41) is 12.8. The van der Waals surface area contributed by atoms with Crippen molar-refractivity contribution >= 4 is 57.1 Å². The molecule has 0 unspecified atom stereocenters. The minimum absolute atomic E-state index is 0.0289. The van der Waals surface area contributed by atoms with E-state index in [1.54, 1.807) is 18.2 Å². The van der Waals surface area contributed by atoms with Crippen LogP contribution in [-0.4, -0.2) is 50.6 Å². The van der Waals surface area contributed by atoms with E-state index >= 15 is 0 Å². The van der Waals surface area contributed by atoms with E-state index in [9.17, 15) is 33.9 Å². The number of hydrazine groups is 1. The molecule has 0 atom stereocenters. The van der Waals surface area contributed by atoms with Gasteiger partial charge in [-0.15, -0.1) is 0 Å². The van der Waals surface area contributed by atoms with E-state index in [0.717, 1.165) is 6.07 Å². The number of carbonyl (C=O) groups excluding carboxylic acids is 5. The monoisotopic (exact) mass is 533 g/mol. The minimum Gasteiger partial charge on any atom is -0.478 e. The second-order valence-corrected chi connectivity index (χ2v) is 8.52. The van der Waals surface area contributed by atoms with E-state index < -0.39 is 35.5 Å². The third-order valence-electron chi connectivity index (χ3n) is 5.56. The molecule has 3 aromatic carbocycles. The third kappa shape index (κ3) is 3.40. The van der Waals surface area contributed by atoms with Gasteiger partial charge in [-0.2, -0.15) is 10.0 Å². The first-order valence-corrected chi connectivity index (χ1v) is 10.8. The zero-order chi connectivity index (χ0) is 25.0. The third-order valence-corrected chi connectivity index (χ3v) is 6.05. The summed E-state index contributed by atoms with van der Waals surface area (Å²) < 4.78 is 0.503. The molecule has 0 saturated heterocycles. The first-order valence-electron chi connectivity index (χ1n) is 10.0. The summed E-state index contributed by atoms with van der Waals surface area (Å²) in [4.78, 5) is 75.9. The van der Waals surface area contributed by atoms with E-state index in [-0.39, 0.29) is 39.1 Å². The van der Waals surface area contributed by atoms with Crippen LogP contribution in [0.3, 0.4) is 0 Å². The summed E-state index contributed by atoms with van der Waals surface area (Å²) in [5.41, 5.74) is -0.284. The summed E-state index contributed by atoms with van der Waals surface area (Å²) in [6.07, 6.45) is 0. The summed E-state index contributed by atoms with van der Waals surface area (Å²) in [5.74, 6) is -5.43. The highest BCUT2D eigenvalue weighted by atomic mass is 79.9. The zero-order valence-corrected chi connectivity index (χ0v) is 19.0. The van der Waals surface area contributed by atoms with Gasteiger partial charge in [0, 0.05) is 10.0 Å². The van der Waals surface area contributed by atoms with Crippen LogP contribution in [0.2, 0.25) is 0 Å². The number of carboxylic acid groups (broad SMARTS) is 1. The molecule has 5 rings (SSSR count). The van der Waals surface area contributed by atoms with Crippen LogP contribution in [0.25, 0.3) is 0 Å². The number of nitrogens with one attached hydrogen (secondary N) is 1. The largest absolute Gasteiger partial charge is 0.478 e. The van der Waals surface area contributed by atoms with Crippen LogP contribution >= 0.6 is 15.9 Å². The second kappa shape index (κ2) is 7.99. The molecule has 2 aliphatic rings. The average molecular weight is 534 g/mol. The highest BCUT2D eigenvalue weighted by Crippen LogP contribution is 2.31. The van der Waals surface area contributed by atoms with Gasteiger partial charge in [-0.1, -0.05) is 28.1 Å². The number of carbonyl (C=O) groups is 6. The van der Waals surface area contributed by atoms with Crippen molar-refractivity contribution in [3.63, 3.8) is 0 Å². The Morgan fingerprint density at radius 1 is 0.714 bits per heavy atom. The van der Waals surface area contributed by atoms with Crippen molar-refractivity contribution in [1.29, 1.82) is 0 Å². The maximum atomic E-state index is 13.1. The molecule has 0 spiro atoms. The number of amides is 5. The number of anilines is 1. The van der Waals surface area contributed by atoms with E-state index in [1.807, 2.05) is 0 Å². The number of halogens is 1. The van der Waals surface area contributed by atoms with Gasteiger partial charge in [-0.05, 0) is 48.5 Å². The number of carboxylic acids is 1. The Balaban J connectivity index is 1.45. The van der Waals surface area contributed by atoms with Gasteiger partial charge >= 0.3 is 5.97 Å². The predicted molar refractivity (Wildman–Crippen MR) is 123 cm³/mol. The van der Waals surface area contributed by atoms with Crippen molar-refractivity contribution in [3.8, 4) is 0 Å². The lowest BCUT2D eigenvalue weighted by Gasteiger charge is -2.23. The quantitative estimate of drug-likeness (QED) is 0.490. The van der Waals surface area contributed by atoms with Crippen LogP contribution in [0.4, 0.5) is 5.69 Å². The summed E-state index contributed by atoms with van der Waals surface area (Å²) in [6.45, 7) is 0. The molecule has 0 aliphatic carbocycles. The number of rotatable bonds is 4. The Morgan fingerprint density at radius 2 is 1.26 bits per heavy atom. The van der Waals surface area contributed by atoms with E-state index in [0.29, 0.717) is 14.5 Å².